The number of anilines is 1. The summed E-state index contributed by atoms with van der Waals surface area (Å²) < 4.78 is 27.8. The lowest BCUT2D eigenvalue weighted by atomic mass is 9.99. The summed E-state index contributed by atoms with van der Waals surface area (Å²) in [5, 5.41) is 11.0. The molecule has 26 heavy (non-hydrogen) atoms. The smallest absolute Gasteiger partial charge is 0.335 e. The molecular formula is C19H17NO4S2. The van der Waals surface area contributed by atoms with E-state index < -0.39 is 16.0 Å². The Hall–Kier alpha value is -2.64. The molecule has 3 aromatic rings. The van der Waals surface area contributed by atoms with Crippen molar-refractivity contribution < 1.29 is 18.3 Å². The quantitative estimate of drug-likeness (QED) is 0.641. The second-order valence-corrected chi connectivity index (χ2v) is 8.51. The lowest BCUT2D eigenvalue weighted by molar-refractivity contribution is 0.0695. The van der Waals surface area contributed by atoms with Crippen LogP contribution in [-0.2, 0) is 22.9 Å². The van der Waals surface area contributed by atoms with Gasteiger partial charge in [0, 0.05) is 0 Å². The number of para-hydroxylation sites is 1. The zero-order chi connectivity index (χ0) is 18.6. The molecule has 2 aromatic carbocycles. The van der Waals surface area contributed by atoms with Crippen molar-refractivity contribution in [1.29, 1.82) is 0 Å². The van der Waals surface area contributed by atoms with Crippen molar-refractivity contribution in [2.24, 2.45) is 0 Å². The van der Waals surface area contributed by atoms with Gasteiger partial charge in [-0.1, -0.05) is 42.5 Å². The second-order valence-electron chi connectivity index (χ2n) is 5.66. The molecule has 0 spiro atoms. The predicted octanol–water partition coefficient (Wildman–Crippen LogP) is 4.03. The van der Waals surface area contributed by atoms with E-state index in [1.165, 1.54) is 0 Å². The molecule has 1 heterocycles. The van der Waals surface area contributed by atoms with Crippen LogP contribution >= 0.6 is 11.3 Å². The van der Waals surface area contributed by atoms with Gasteiger partial charge in [-0.05, 0) is 47.5 Å². The van der Waals surface area contributed by atoms with Crippen molar-refractivity contribution in [2.75, 3.05) is 4.72 Å². The number of benzene rings is 2. The standard InChI is InChI=1S/C19H17NO4S2/c21-19(22)16-8-3-1-6-14(16)11-12-15-7-2-4-9-17(15)20-26(23,24)18-10-5-13-25-18/h1-10,13,20H,11-12H2,(H,21,22). The van der Waals surface area contributed by atoms with Gasteiger partial charge in [0.2, 0.25) is 0 Å². The van der Waals surface area contributed by atoms with Gasteiger partial charge in [0.15, 0.2) is 0 Å². The van der Waals surface area contributed by atoms with Crippen LogP contribution in [0.15, 0.2) is 70.3 Å². The van der Waals surface area contributed by atoms with Crippen LogP contribution in [0.2, 0.25) is 0 Å². The first-order valence-electron chi connectivity index (χ1n) is 7.93. The number of aromatic carboxylic acids is 1. The molecule has 5 nitrogen and oxygen atoms in total. The number of hydrogen-bond donors (Lipinski definition) is 2. The molecular weight excluding hydrogens is 370 g/mol. The largest absolute Gasteiger partial charge is 0.478 e. The number of thiophene rings is 1. The van der Waals surface area contributed by atoms with Gasteiger partial charge in [-0.2, -0.15) is 0 Å². The van der Waals surface area contributed by atoms with E-state index in [-0.39, 0.29) is 9.77 Å². The van der Waals surface area contributed by atoms with Gasteiger partial charge < -0.3 is 5.11 Å². The first-order chi connectivity index (χ1) is 12.5. The van der Waals surface area contributed by atoms with Crippen molar-refractivity contribution >= 4 is 33.0 Å². The number of aryl methyl sites for hydroxylation is 2. The molecule has 1 aromatic heterocycles. The molecule has 2 N–H and O–H groups in total. The number of hydrogen-bond acceptors (Lipinski definition) is 4. The highest BCUT2D eigenvalue weighted by atomic mass is 32.2. The number of carboxylic acids is 1. The lowest BCUT2D eigenvalue weighted by Crippen LogP contribution is -2.13. The fourth-order valence-corrected chi connectivity index (χ4v) is 4.76. The average Bonchev–Trinajstić information content (AvgIpc) is 3.16. The highest BCUT2D eigenvalue weighted by Crippen LogP contribution is 2.24. The van der Waals surface area contributed by atoms with Crippen LogP contribution in [0, 0.1) is 0 Å². The molecule has 0 saturated heterocycles. The van der Waals surface area contributed by atoms with Crippen LogP contribution in [0.25, 0.3) is 0 Å². The summed E-state index contributed by atoms with van der Waals surface area (Å²) >= 11 is 1.15. The summed E-state index contributed by atoms with van der Waals surface area (Å²) in [6, 6.07) is 17.2. The molecule has 0 unspecified atom stereocenters. The highest BCUT2D eigenvalue weighted by molar-refractivity contribution is 7.94. The summed E-state index contributed by atoms with van der Waals surface area (Å²) in [7, 11) is -3.62. The van der Waals surface area contributed by atoms with Gasteiger partial charge in [-0.3, -0.25) is 4.72 Å². The zero-order valence-corrected chi connectivity index (χ0v) is 15.4. The fourth-order valence-electron chi connectivity index (χ4n) is 2.67. The van der Waals surface area contributed by atoms with E-state index in [4.69, 9.17) is 0 Å². The van der Waals surface area contributed by atoms with Crippen molar-refractivity contribution in [2.45, 2.75) is 17.1 Å². The van der Waals surface area contributed by atoms with Gasteiger partial charge >= 0.3 is 5.97 Å². The molecule has 0 aliphatic rings. The molecule has 0 radical (unpaired) electrons. The van der Waals surface area contributed by atoms with E-state index in [2.05, 4.69) is 4.72 Å². The molecule has 0 aliphatic carbocycles. The number of rotatable bonds is 7. The molecule has 7 heteroatoms. The first kappa shape index (κ1) is 18.2. The van der Waals surface area contributed by atoms with Gasteiger partial charge in [0.05, 0.1) is 11.3 Å². The molecule has 0 atom stereocenters. The Morgan fingerprint density at radius 2 is 1.58 bits per heavy atom. The van der Waals surface area contributed by atoms with Crippen molar-refractivity contribution in [1.82, 2.24) is 0 Å². The lowest BCUT2D eigenvalue weighted by Gasteiger charge is -2.12. The third-order valence-electron chi connectivity index (χ3n) is 3.93. The monoisotopic (exact) mass is 387 g/mol. The SMILES string of the molecule is O=C(O)c1ccccc1CCc1ccccc1NS(=O)(=O)c1cccs1. The summed E-state index contributed by atoms with van der Waals surface area (Å²) in [6.45, 7) is 0. The van der Waals surface area contributed by atoms with Gasteiger partial charge in [-0.25, -0.2) is 13.2 Å². The van der Waals surface area contributed by atoms with E-state index >= 15 is 0 Å². The van der Waals surface area contributed by atoms with Crippen LogP contribution in [-0.4, -0.2) is 19.5 Å². The van der Waals surface area contributed by atoms with Gasteiger partial charge in [-0.15, -0.1) is 11.3 Å². The molecule has 0 fully saturated rings. The fraction of sp³-hybridized carbons (Fsp3) is 0.105. The van der Waals surface area contributed by atoms with Crippen molar-refractivity contribution in [3.8, 4) is 0 Å². The first-order valence-corrected chi connectivity index (χ1v) is 10.3. The Bertz CT molecular complexity index is 1010. The Morgan fingerprint density at radius 1 is 0.923 bits per heavy atom. The average molecular weight is 387 g/mol. The van der Waals surface area contributed by atoms with Crippen LogP contribution in [0.5, 0.6) is 0 Å². The van der Waals surface area contributed by atoms with Gasteiger partial charge in [0.1, 0.15) is 4.21 Å². The minimum atomic E-state index is -3.62. The molecule has 0 bridgehead atoms. The molecule has 0 saturated carbocycles. The maximum atomic E-state index is 12.5. The predicted molar refractivity (Wildman–Crippen MR) is 102 cm³/mol. The van der Waals surface area contributed by atoms with Crippen LogP contribution < -0.4 is 4.72 Å². The molecule has 0 amide bonds. The van der Waals surface area contributed by atoms with Gasteiger partial charge in [0.25, 0.3) is 10.0 Å². The summed E-state index contributed by atoms with van der Waals surface area (Å²) in [4.78, 5) is 11.3. The Labute approximate surface area is 156 Å². The molecule has 3 rings (SSSR count). The second kappa shape index (κ2) is 7.72. The van der Waals surface area contributed by atoms with Crippen LogP contribution in [0.3, 0.4) is 0 Å². The highest BCUT2D eigenvalue weighted by Gasteiger charge is 2.17. The maximum absolute atomic E-state index is 12.5. The number of nitrogens with one attached hydrogen (secondary N) is 1. The minimum absolute atomic E-state index is 0.253. The third-order valence-corrected chi connectivity index (χ3v) is 6.70. The maximum Gasteiger partial charge on any atom is 0.335 e. The van der Waals surface area contributed by atoms with E-state index in [0.29, 0.717) is 18.5 Å². The number of sulfonamides is 1. The molecule has 134 valence electrons. The van der Waals surface area contributed by atoms with Crippen LogP contribution in [0.4, 0.5) is 5.69 Å². The van der Waals surface area contributed by atoms with Crippen molar-refractivity contribution in [3.63, 3.8) is 0 Å². The van der Waals surface area contributed by atoms with E-state index in [1.807, 2.05) is 12.1 Å². The van der Waals surface area contributed by atoms with Crippen molar-refractivity contribution in [3.05, 3.63) is 82.7 Å². The topological polar surface area (TPSA) is 83.5 Å². The summed E-state index contributed by atoms with van der Waals surface area (Å²) in [5.41, 5.74) is 2.31. The normalized spacial score (nSPS) is 11.2. The van der Waals surface area contributed by atoms with E-state index in [9.17, 15) is 18.3 Å². The number of carbonyl (C=O) groups is 1. The third kappa shape index (κ3) is 4.12. The van der Waals surface area contributed by atoms with Crippen LogP contribution in [0.1, 0.15) is 21.5 Å². The number of carboxylic acid groups (broad SMARTS) is 1. The Morgan fingerprint density at radius 3 is 2.27 bits per heavy atom. The van der Waals surface area contributed by atoms with E-state index in [0.717, 1.165) is 22.5 Å². The molecule has 0 aliphatic heterocycles. The Balaban J connectivity index is 1.82. The van der Waals surface area contributed by atoms with E-state index in [1.54, 1.807) is 53.9 Å². The summed E-state index contributed by atoms with van der Waals surface area (Å²) in [6.07, 6.45) is 1.02. The minimum Gasteiger partial charge on any atom is -0.478 e. The zero-order valence-electron chi connectivity index (χ0n) is 13.8. The Kier molecular flexibility index (Phi) is 5.39. The summed E-state index contributed by atoms with van der Waals surface area (Å²) in [5.74, 6) is -0.965.